The van der Waals surface area contributed by atoms with Gasteiger partial charge in [0.1, 0.15) is 15.9 Å². The largest absolute Gasteiger partial charge is 0.507 e. The molecule has 0 saturated heterocycles. The first-order valence-electron chi connectivity index (χ1n) is 4.11. The van der Waals surface area contributed by atoms with Crippen LogP contribution in [0.5, 0.6) is 5.75 Å². The molecule has 0 fully saturated rings. The van der Waals surface area contributed by atoms with Crippen LogP contribution in [-0.2, 0) is 0 Å². The fraction of sp³-hybridized carbons (Fsp3) is 0. The van der Waals surface area contributed by atoms with Gasteiger partial charge < -0.3 is 10.2 Å². The molecule has 5 heteroatoms. The summed E-state index contributed by atoms with van der Waals surface area (Å²) in [5.41, 5.74) is 0.102. The lowest BCUT2D eigenvalue weighted by Gasteiger charge is -2.04. The Balaban J connectivity index is 2.90. The van der Waals surface area contributed by atoms with Gasteiger partial charge in [0.25, 0.3) is 0 Å². The molecular formula is C10H6BrNO3. The Kier molecular flexibility index (Phi) is 2.32. The Morgan fingerprint density at radius 3 is 2.60 bits per heavy atom. The summed E-state index contributed by atoms with van der Waals surface area (Å²) in [6.07, 6.45) is 0. The van der Waals surface area contributed by atoms with Crippen molar-refractivity contribution in [1.29, 1.82) is 0 Å². The van der Waals surface area contributed by atoms with Crippen LogP contribution in [0.4, 0.5) is 0 Å². The van der Waals surface area contributed by atoms with Gasteiger partial charge >= 0.3 is 5.97 Å². The number of phenols is 1. The van der Waals surface area contributed by atoms with Crippen molar-refractivity contribution < 1.29 is 15.0 Å². The Morgan fingerprint density at radius 2 is 1.93 bits per heavy atom. The van der Waals surface area contributed by atoms with Crippen molar-refractivity contribution in [3.63, 3.8) is 0 Å². The van der Waals surface area contributed by atoms with Gasteiger partial charge in [0.05, 0.1) is 5.52 Å². The number of rotatable bonds is 1. The van der Waals surface area contributed by atoms with E-state index in [1.165, 1.54) is 6.07 Å². The first-order chi connectivity index (χ1) is 7.09. The molecule has 0 aliphatic rings. The normalized spacial score (nSPS) is 10.5. The molecule has 0 saturated carbocycles. The van der Waals surface area contributed by atoms with E-state index in [-0.39, 0.29) is 16.8 Å². The minimum atomic E-state index is -1.19. The number of hydrogen-bond donors (Lipinski definition) is 2. The Bertz CT molecular complexity index is 548. The number of carbonyl (C=O) groups is 1. The zero-order valence-corrected chi connectivity index (χ0v) is 9.02. The second kappa shape index (κ2) is 3.51. The van der Waals surface area contributed by atoms with Crippen LogP contribution < -0.4 is 0 Å². The Hall–Kier alpha value is -1.62. The molecule has 0 bridgehead atoms. The Morgan fingerprint density at radius 1 is 1.27 bits per heavy atom. The van der Waals surface area contributed by atoms with Crippen LogP contribution >= 0.6 is 15.9 Å². The average molecular weight is 268 g/mol. The number of aromatic hydroxyl groups is 1. The molecule has 4 nitrogen and oxygen atoms in total. The topological polar surface area (TPSA) is 70.4 Å². The molecule has 0 unspecified atom stereocenters. The summed E-state index contributed by atoms with van der Waals surface area (Å²) in [7, 11) is 0. The SMILES string of the molecule is O=C(O)c1c(O)ccc2ccc(Br)nc12. The Labute approximate surface area is 93.3 Å². The van der Waals surface area contributed by atoms with Gasteiger partial charge in [-0.2, -0.15) is 0 Å². The minimum absolute atomic E-state index is 0.172. The van der Waals surface area contributed by atoms with E-state index in [0.717, 1.165) is 0 Å². The van der Waals surface area contributed by atoms with E-state index in [1.807, 2.05) is 0 Å². The molecule has 1 aromatic carbocycles. The van der Waals surface area contributed by atoms with Crippen LogP contribution in [0.1, 0.15) is 10.4 Å². The second-order valence-electron chi connectivity index (χ2n) is 2.97. The molecule has 1 heterocycles. The number of nitrogens with zero attached hydrogens (tertiary/aromatic N) is 1. The van der Waals surface area contributed by atoms with Crippen molar-refractivity contribution in [3.8, 4) is 5.75 Å². The molecule has 2 rings (SSSR count). The maximum Gasteiger partial charge on any atom is 0.341 e. The maximum atomic E-state index is 10.9. The van der Waals surface area contributed by atoms with Crippen LogP contribution in [0.25, 0.3) is 10.9 Å². The lowest BCUT2D eigenvalue weighted by Crippen LogP contribution is -1.99. The summed E-state index contributed by atoms with van der Waals surface area (Å²) >= 11 is 3.15. The number of hydrogen-bond acceptors (Lipinski definition) is 3. The van der Waals surface area contributed by atoms with Gasteiger partial charge in [0.2, 0.25) is 0 Å². The van der Waals surface area contributed by atoms with Gasteiger partial charge in [-0.15, -0.1) is 0 Å². The molecule has 0 atom stereocenters. The monoisotopic (exact) mass is 267 g/mol. The molecule has 15 heavy (non-hydrogen) atoms. The van der Waals surface area contributed by atoms with Gasteiger partial charge in [0, 0.05) is 5.39 Å². The minimum Gasteiger partial charge on any atom is -0.507 e. The number of benzene rings is 1. The molecular weight excluding hydrogens is 262 g/mol. The summed E-state index contributed by atoms with van der Waals surface area (Å²) < 4.78 is 0.531. The van der Waals surface area contributed by atoms with Crippen molar-refractivity contribution in [2.75, 3.05) is 0 Å². The first-order valence-corrected chi connectivity index (χ1v) is 4.90. The molecule has 0 radical (unpaired) electrons. The van der Waals surface area contributed by atoms with E-state index >= 15 is 0 Å². The van der Waals surface area contributed by atoms with Crippen molar-refractivity contribution in [3.05, 3.63) is 34.4 Å². The van der Waals surface area contributed by atoms with Gasteiger partial charge in [-0.3, -0.25) is 0 Å². The van der Waals surface area contributed by atoms with E-state index < -0.39 is 5.97 Å². The van der Waals surface area contributed by atoms with Gasteiger partial charge in [-0.05, 0) is 34.1 Å². The lowest BCUT2D eigenvalue weighted by molar-refractivity contribution is 0.0696. The highest BCUT2D eigenvalue weighted by atomic mass is 79.9. The molecule has 0 amide bonds. The maximum absolute atomic E-state index is 10.9. The number of halogens is 1. The van der Waals surface area contributed by atoms with Crippen LogP contribution in [0.15, 0.2) is 28.9 Å². The highest BCUT2D eigenvalue weighted by Gasteiger charge is 2.15. The number of aromatic carboxylic acids is 1. The number of carboxylic acid groups (broad SMARTS) is 1. The van der Waals surface area contributed by atoms with E-state index in [0.29, 0.717) is 9.99 Å². The predicted molar refractivity (Wildman–Crippen MR) is 58.1 cm³/mol. The third kappa shape index (κ3) is 1.66. The fourth-order valence-corrected chi connectivity index (χ4v) is 1.67. The highest BCUT2D eigenvalue weighted by Crippen LogP contribution is 2.26. The van der Waals surface area contributed by atoms with Crippen LogP contribution in [0, 0.1) is 0 Å². The zero-order chi connectivity index (χ0) is 11.0. The van der Waals surface area contributed by atoms with E-state index in [9.17, 15) is 9.90 Å². The van der Waals surface area contributed by atoms with Crippen molar-refractivity contribution in [2.45, 2.75) is 0 Å². The quantitative estimate of drug-likeness (QED) is 0.779. The second-order valence-corrected chi connectivity index (χ2v) is 3.78. The predicted octanol–water partition coefficient (Wildman–Crippen LogP) is 2.40. The van der Waals surface area contributed by atoms with Crippen molar-refractivity contribution in [2.24, 2.45) is 0 Å². The molecule has 0 aliphatic heterocycles. The zero-order valence-electron chi connectivity index (χ0n) is 7.44. The van der Waals surface area contributed by atoms with E-state index in [1.54, 1.807) is 18.2 Å². The number of carboxylic acids is 1. The van der Waals surface area contributed by atoms with E-state index in [4.69, 9.17) is 5.11 Å². The van der Waals surface area contributed by atoms with Gasteiger partial charge in [-0.1, -0.05) is 6.07 Å². The molecule has 0 aliphatic carbocycles. The molecule has 1 aromatic heterocycles. The highest BCUT2D eigenvalue weighted by molar-refractivity contribution is 9.10. The molecule has 2 aromatic rings. The van der Waals surface area contributed by atoms with Crippen molar-refractivity contribution >= 4 is 32.8 Å². The molecule has 0 spiro atoms. The number of fused-ring (bicyclic) bond motifs is 1. The van der Waals surface area contributed by atoms with Crippen LogP contribution in [-0.4, -0.2) is 21.2 Å². The number of pyridine rings is 1. The summed E-state index contributed by atoms with van der Waals surface area (Å²) in [6, 6.07) is 6.42. The summed E-state index contributed by atoms with van der Waals surface area (Å²) in [4.78, 5) is 15.0. The summed E-state index contributed by atoms with van der Waals surface area (Å²) in [6.45, 7) is 0. The first kappa shape index (κ1) is 9.92. The lowest BCUT2D eigenvalue weighted by atomic mass is 10.1. The van der Waals surface area contributed by atoms with Crippen LogP contribution in [0.2, 0.25) is 0 Å². The molecule has 2 N–H and O–H groups in total. The van der Waals surface area contributed by atoms with Gasteiger partial charge in [0.15, 0.2) is 0 Å². The van der Waals surface area contributed by atoms with Crippen LogP contribution in [0.3, 0.4) is 0 Å². The van der Waals surface area contributed by atoms with Crippen molar-refractivity contribution in [1.82, 2.24) is 4.98 Å². The third-order valence-corrected chi connectivity index (χ3v) is 2.46. The van der Waals surface area contributed by atoms with E-state index in [2.05, 4.69) is 20.9 Å². The third-order valence-electron chi connectivity index (χ3n) is 2.02. The average Bonchev–Trinajstić information content (AvgIpc) is 2.16. The summed E-state index contributed by atoms with van der Waals surface area (Å²) in [5.74, 6) is -1.47. The fourth-order valence-electron chi connectivity index (χ4n) is 1.37. The molecule has 76 valence electrons. The standard InChI is InChI=1S/C10H6BrNO3/c11-7-4-2-5-1-3-6(13)8(10(14)15)9(5)12-7/h1-4,13H,(H,14,15). The van der Waals surface area contributed by atoms with Gasteiger partial charge in [-0.25, -0.2) is 9.78 Å². The summed E-state index contributed by atoms with van der Waals surface area (Å²) in [5, 5.41) is 19.0. The smallest absolute Gasteiger partial charge is 0.341 e. The number of aromatic nitrogens is 1.